The Balaban J connectivity index is 3.73. The maximum atomic E-state index is 11.5. The van der Waals surface area contributed by atoms with Crippen LogP contribution in [0.4, 0.5) is 0 Å². The molecule has 0 aromatic heterocycles. The standard InChI is InChI=1S/C10H22N2O3/c1-10(2,7-11)9(14)12-5-4-8(13)6-15-3/h8,13H,4-7,11H2,1-3H3,(H,12,14). The second kappa shape index (κ2) is 6.76. The van der Waals surface area contributed by atoms with Crippen LogP contribution in [0.3, 0.4) is 0 Å². The van der Waals surface area contributed by atoms with Gasteiger partial charge >= 0.3 is 0 Å². The summed E-state index contributed by atoms with van der Waals surface area (Å²) in [5, 5.41) is 12.0. The number of hydrogen-bond acceptors (Lipinski definition) is 4. The smallest absolute Gasteiger partial charge is 0.226 e. The molecule has 0 aromatic carbocycles. The Morgan fingerprint density at radius 2 is 2.20 bits per heavy atom. The molecule has 0 saturated heterocycles. The van der Waals surface area contributed by atoms with Crippen molar-refractivity contribution >= 4 is 5.91 Å². The summed E-state index contributed by atoms with van der Waals surface area (Å²) in [4.78, 5) is 11.5. The first kappa shape index (κ1) is 14.3. The Hall–Kier alpha value is -0.650. The summed E-state index contributed by atoms with van der Waals surface area (Å²) in [6.45, 7) is 4.60. The van der Waals surface area contributed by atoms with E-state index in [1.54, 1.807) is 13.8 Å². The predicted octanol–water partition coefficient (Wildman–Crippen LogP) is -0.515. The molecule has 0 aliphatic rings. The van der Waals surface area contributed by atoms with Crippen molar-refractivity contribution in [2.24, 2.45) is 11.1 Å². The van der Waals surface area contributed by atoms with E-state index in [-0.39, 0.29) is 12.5 Å². The molecule has 90 valence electrons. The lowest BCUT2D eigenvalue weighted by Gasteiger charge is -2.21. The molecule has 1 atom stereocenters. The fraction of sp³-hybridized carbons (Fsp3) is 0.900. The molecule has 0 aromatic rings. The second-order valence-corrected chi connectivity index (χ2v) is 4.24. The van der Waals surface area contributed by atoms with Gasteiger partial charge in [-0.05, 0) is 20.3 Å². The quantitative estimate of drug-likeness (QED) is 0.537. The Labute approximate surface area is 91.0 Å². The molecule has 5 nitrogen and oxygen atoms in total. The van der Waals surface area contributed by atoms with Crippen LogP contribution in [0.15, 0.2) is 0 Å². The molecule has 0 radical (unpaired) electrons. The van der Waals surface area contributed by atoms with E-state index in [1.165, 1.54) is 7.11 Å². The Kier molecular flexibility index (Phi) is 6.47. The van der Waals surface area contributed by atoms with Gasteiger partial charge in [0.1, 0.15) is 0 Å². The third-order valence-electron chi connectivity index (χ3n) is 2.25. The molecule has 0 aliphatic carbocycles. The lowest BCUT2D eigenvalue weighted by molar-refractivity contribution is -0.128. The molecular weight excluding hydrogens is 196 g/mol. The molecular formula is C10H22N2O3. The number of ether oxygens (including phenoxy) is 1. The number of aliphatic hydroxyl groups is 1. The Morgan fingerprint density at radius 1 is 1.60 bits per heavy atom. The first-order valence-electron chi connectivity index (χ1n) is 5.09. The summed E-state index contributed by atoms with van der Waals surface area (Å²) in [6.07, 6.45) is -0.0449. The number of hydrogen-bond donors (Lipinski definition) is 3. The summed E-state index contributed by atoms with van der Waals surface area (Å²) in [5.41, 5.74) is 4.91. The van der Waals surface area contributed by atoms with Crippen molar-refractivity contribution in [1.29, 1.82) is 0 Å². The molecule has 0 saturated carbocycles. The highest BCUT2D eigenvalue weighted by atomic mass is 16.5. The zero-order valence-corrected chi connectivity index (χ0v) is 9.75. The van der Waals surface area contributed by atoms with Gasteiger partial charge in [-0.3, -0.25) is 4.79 Å². The number of methoxy groups -OCH3 is 1. The maximum Gasteiger partial charge on any atom is 0.226 e. The summed E-state index contributed by atoms with van der Waals surface area (Å²) < 4.78 is 4.77. The second-order valence-electron chi connectivity index (χ2n) is 4.24. The van der Waals surface area contributed by atoms with E-state index < -0.39 is 11.5 Å². The first-order valence-corrected chi connectivity index (χ1v) is 5.09. The van der Waals surface area contributed by atoms with Crippen molar-refractivity contribution in [3.63, 3.8) is 0 Å². The van der Waals surface area contributed by atoms with E-state index in [1.807, 2.05) is 0 Å². The number of amides is 1. The molecule has 0 heterocycles. The normalized spacial score (nSPS) is 13.7. The average Bonchev–Trinajstić information content (AvgIpc) is 2.18. The van der Waals surface area contributed by atoms with Gasteiger partial charge in [0.25, 0.3) is 0 Å². The van der Waals surface area contributed by atoms with Crippen molar-refractivity contribution in [3.8, 4) is 0 Å². The lowest BCUT2D eigenvalue weighted by atomic mass is 9.93. The minimum atomic E-state index is -0.549. The van der Waals surface area contributed by atoms with Gasteiger partial charge in [-0.25, -0.2) is 0 Å². The van der Waals surface area contributed by atoms with Crippen molar-refractivity contribution in [2.45, 2.75) is 26.4 Å². The van der Waals surface area contributed by atoms with Gasteiger partial charge in [-0.2, -0.15) is 0 Å². The molecule has 5 heteroatoms. The zero-order valence-electron chi connectivity index (χ0n) is 9.75. The topological polar surface area (TPSA) is 84.6 Å². The van der Waals surface area contributed by atoms with Gasteiger partial charge in [0, 0.05) is 20.2 Å². The van der Waals surface area contributed by atoms with Crippen LogP contribution in [0.5, 0.6) is 0 Å². The maximum absolute atomic E-state index is 11.5. The van der Waals surface area contributed by atoms with Gasteiger partial charge in [-0.1, -0.05) is 0 Å². The van der Waals surface area contributed by atoms with Crippen molar-refractivity contribution < 1.29 is 14.6 Å². The Morgan fingerprint density at radius 3 is 2.67 bits per heavy atom. The summed E-state index contributed by atoms with van der Waals surface area (Å²) >= 11 is 0. The van der Waals surface area contributed by atoms with E-state index in [0.717, 1.165) is 0 Å². The van der Waals surface area contributed by atoms with Crippen molar-refractivity contribution in [2.75, 3.05) is 26.8 Å². The molecule has 0 aliphatic heterocycles. The number of rotatable bonds is 7. The molecule has 4 N–H and O–H groups in total. The van der Waals surface area contributed by atoms with E-state index in [9.17, 15) is 9.90 Å². The van der Waals surface area contributed by atoms with Gasteiger partial charge < -0.3 is 20.9 Å². The predicted molar refractivity (Wildman–Crippen MR) is 58.3 cm³/mol. The van der Waals surface area contributed by atoms with Crippen LogP contribution in [-0.2, 0) is 9.53 Å². The van der Waals surface area contributed by atoms with Crippen LogP contribution in [0.25, 0.3) is 0 Å². The molecule has 0 fully saturated rings. The minimum Gasteiger partial charge on any atom is -0.391 e. The van der Waals surface area contributed by atoms with Gasteiger partial charge in [0.15, 0.2) is 0 Å². The number of carbonyl (C=O) groups is 1. The first-order chi connectivity index (χ1) is 6.94. The van der Waals surface area contributed by atoms with Crippen LogP contribution >= 0.6 is 0 Å². The molecule has 0 spiro atoms. The fourth-order valence-corrected chi connectivity index (χ4v) is 0.960. The van der Waals surface area contributed by atoms with Crippen LogP contribution in [0.2, 0.25) is 0 Å². The number of aliphatic hydroxyl groups excluding tert-OH is 1. The van der Waals surface area contributed by atoms with Gasteiger partial charge in [0.05, 0.1) is 18.1 Å². The number of nitrogens with two attached hydrogens (primary N) is 1. The summed E-state index contributed by atoms with van der Waals surface area (Å²) in [6, 6.07) is 0. The largest absolute Gasteiger partial charge is 0.391 e. The highest BCUT2D eigenvalue weighted by Crippen LogP contribution is 2.11. The average molecular weight is 218 g/mol. The summed E-state index contributed by atoms with van der Waals surface area (Å²) in [5.74, 6) is -0.0883. The highest BCUT2D eigenvalue weighted by molar-refractivity contribution is 5.81. The number of nitrogens with one attached hydrogen (secondary N) is 1. The van der Waals surface area contributed by atoms with Crippen LogP contribution in [0, 0.1) is 5.41 Å². The van der Waals surface area contributed by atoms with E-state index in [4.69, 9.17) is 10.5 Å². The third-order valence-corrected chi connectivity index (χ3v) is 2.25. The van der Waals surface area contributed by atoms with Gasteiger partial charge in [-0.15, -0.1) is 0 Å². The molecule has 0 rings (SSSR count). The van der Waals surface area contributed by atoms with Crippen molar-refractivity contribution in [3.05, 3.63) is 0 Å². The number of carbonyl (C=O) groups excluding carboxylic acids is 1. The molecule has 1 amide bonds. The zero-order chi connectivity index (χ0) is 11.9. The monoisotopic (exact) mass is 218 g/mol. The van der Waals surface area contributed by atoms with Crippen LogP contribution in [0.1, 0.15) is 20.3 Å². The molecule has 0 bridgehead atoms. The van der Waals surface area contributed by atoms with E-state index in [2.05, 4.69) is 5.32 Å². The Bertz CT molecular complexity index is 195. The fourth-order valence-electron chi connectivity index (χ4n) is 0.960. The lowest BCUT2D eigenvalue weighted by Crippen LogP contribution is -2.42. The third kappa shape index (κ3) is 5.71. The molecule has 15 heavy (non-hydrogen) atoms. The van der Waals surface area contributed by atoms with E-state index >= 15 is 0 Å². The highest BCUT2D eigenvalue weighted by Gasteiger charge is 2.25. The van der Waals surface area contributed by atoms with E-state index in [0.29, 0.717) is 19.5 Å². The van der Waals surface area contributed by atoms with Gasteiger partial charge in [0.2, 0.25) is 5.91 Å². The van der Waals surface area contributed by atoms with Crippen LogP contribution in [-0.4, -0.2) is 43.9 Å². The SMILES string of the molecule is COCC(O)CCNC(=O)C(C)(C)CN. The minimum absolute atomic E-state index is 0.0883. The molecule has 1 unspecified atom stereocenters. The van der Waals surface area contributed by atoms with Crippen molar-refractivity contribution in [1.82, 2.24) is 5.32 Å². The summed E-state index contributed by atoms with van der Waals surface area (Å²) in [7, 11) is 1.53. The van der Waals surface area contributed by atoms with Crippen LogP contribution < -0.4 is 11.1 Å².